The molecule has 2 atom stereocenters. The highest BCUT2D eigenvalue weighted by Gasteiger charge is 2.33. The Hall–Kier alpha value is -0.570. The number of nitrogens with one attached hydrogen (secondary N) is 1. The van der Waals surface area contributed by atoms with Gasteiger partial charge in [-0.1, -0.05) is 19.3 Å². The molecule has 74 valence electrons. The predicted octanol–water partition coefficient (Wildman–Crippen LogP) is 1.10. The summed E-state index contributed by atoms with van der Waals surface area (Å²) in [4.78, 5) is 10.8. The van der Waals surface area contributed by atoms with E-state index in [1.54, 1.807) is 0 Å². The third kappa shape index (κ3) is 1.85. The summed E-state index contributed by atoms with van der Waals surface area (Å²) in [6.45, 7) is 1.70. The van der Waals surface area contributed by atoms with Gasteiger partial charge >= 0.3 is 5.97 Å². The Morgan fingerprint density at radius 2 is 2.00 bits per heavy atom. The van der Waals surface area contributed by atoms with Gasteiger partial charge in [0.1, 0.15) is 0 Å². The van der Waals surface area contributed by atoms with Crippen LogP contribution < -0.4 is 5.32 Å². The quantitative estimate of drug-likeness (QED) is 0.674. The molecule has 2 rings (SSSR count). The van der Waals surface area contributed by atoms with Crippen molar-refractivity contribution in [2.75, 3.05) is 13.1 Å². The van der Waals surface area contributed by atoms with E-state index in [-0.39, 0.29) is 5.92 Å². The normalized spacial score (nSPS) is 35.4. The first-order chi connectivity index (χ1) is 6.27. The Kier molecular flexibility index (Phi) is 2.54. The van der Waals surface area contributed by atoms with Crippen LogP contribution >= 0.6 is 0 Å². The number of aliphatic carboxylic acids is 1. The third-order valence-electron chi connectivity index (χ3n) is 3.55. The van der Waals surface area contributed by atoms with Gasteiger partial charge in [-0.05, 0) is 24.8 Å². The van der Waals surface area contributed by atoms with Crippen LogP contribution in [0.25, 0.3) is 0 Å². The van der Waals surface area contributed by atoms with Crippen molar-refractivity contribution in [2.24, 2.45) is 17.8 Å². The highest BCUT2D eigenvalue weighted by Crippen LogP contribution is 2.37. The topological polar surface area (TPSA) is 49.3 Å². The van der Waals surface area contributed by atoms with Crippen LogP contribution in [0.15, 0.2) is 0 Å². The lowest BCUT2D eigenvalue weighted by Gasteiger charge is -2.38. The molecular weight excluding hydrogens is 166 g/mol. The lowest BCUT2D eigenvalue weighted by atomic mass is 9.71. The van der Waals surface area contributed by atoms with Crippen LogP contribution in [0.3, 0.4) is 0 Å². The van der Waals surface area contributed by atoms with Gasteiger partial charge in [0, 0.05) is 6.54 Å². The zero-order valence-corrected chi connectivity index (χ0v) is 7.83. The van der Waals surface area contributed by atoms with Crippen molar-refractivity contribution in [3.63, 3.8) is 0 Å². The fourth-order valence-electron chi connectivity index (χ4n) is 2.43. The largest absolute Gasteiger partial charge is 0.481 e. The molecule has 0 aromatic heterocycles. The summed E-state index contributed by atoms with van der Waals surface area (Å²) in [6.07, 6.45) is 4.88. The van der Waals surface area contributed by atoms with Crippen LogP contribution in [0, 0.1) is 17.8 Å². The number of rotatable bonds is 2. The first-order valence-corrected chi connectivity index (χ1v) is 5.21. The summed E-state index contributed by atoms with van der Waals surface area (Å²) in [6, 6.07) is 0. The molecule has 0 radical (unpaired) electrons. The summed E-state index contributed by atoms with van der Waals surface area (Å²) in [5.41, 5.74) is 0. The van der Waals surface area contributed by atoms with Crippen molar-refractivity contribution in [1.29, 1.82) is 0 Å². The number of hydrogen-bond acceptors (Lipinski definition) is 2. The van der Waals surface area contributed by atoms with Gasteiger partial charge in [0.25, 0.3) is 0 Å². The zero-order valence-electron chi connectivity index (χ0n) is 7.83. The first kappa shape index (κ1) is 9.00. The van der Waals surface area contributed by atoms with Gasteiger partial charge < -0.3 is 10.4 Å². The summed E-state index contributed by atoms with van der Waals surface area (Å²) in [5, 5.41) is 12.1. The molecule has 0 amide bonds. The zero-order chi connectivity index (χ0) is 9.26. The maximum absolute atomic E-state index is 10.8. The summed E-state index contributed by atoms with van der Waals surface area (Å²) in [7, 11) is 0. The van der Waals surface area contributed by atoms with E-state index in [9.17, 15) is 4.79 Å². The molecular formula is C10H17NO2. The summed E-state index contributed by atoms with van der Waals surface area (Å²) in [5.74, 6) is 0.675. The second kappa shape index (κ2) is 3.66. The van der Waals surface area contributed by atoms with Crippen molar-refractivity contribution in [3.05, 3.63) is 0 Å². The highest BCUT2D eigenvalue weighted by atomic mass is 16.4. The van der Waals surface area contributed by atoms with E-state index in [1.807, 2.05) is 0 Å². The minimum Gasteiger partial charge on any atom is -0.481 e. The first-order valence-electron chi connectivity index (χ1n) is 5.21. The molecule has 3 heteroatoms. The average Bonchev–Trinajstić information content (AvgIpc) is 2.01. The molecule has 1 aliphatic carbocycles. The van der Waals surface area contributed by atoms with Crippen molar-refractivity contribution in [3.8, 4) is 0 Å². The van der Waals surface area contributed by atoms with Gasteiger partial charge in [0.2, 0.25) is 0 Å². The number of hydrogen-bond donors (Lipinski definition) is 2. The van der Waals surface area contributed by atoms with Crippen LogP contribution in [0.4, 0.5) is 0 Å². The van der Waals surface area contributed by atoms with E-state index in [2.05, 4.69) is 5.32 Å². The highest BCUT2D eigenvalue weighted by molar-refractivity contribution is 5.70. The average molecular weight is 183 g/mol. The second-order valence-corrected chi connectivity index (χ2v) is 4.38. The van der Waals surface area contributed by atoms with Crippen LogP contribution in [0.1, 0.15) is 25.7 Å². The molecule has 2 unspecified atom stereocenters. The third-order valence-corrected chi connectivity index (χ3v) is 3.55. The smallest absolute Gasteiger partial charge is 0.307 e. The molecule has 1 saturated heterocycles. The number of carboxylic acid groups (broad SMARTS) is 1. The van der Waals surface area contributed by atoms with Gasteiger partial charge in [-0.15, -0.1) is 0 Å². The van der Waals surface area contributed by atoms with Crippen LogP contribution in [-0.4, -0.2) is 24.2 Å². The van der Waals surface area contributed by atoms with Crippen LogP contribution in [0.5, 0.6) is 0 Å². The fraction of sp³-hybridized carbons (Fsp3) is 0.900. The van der Waals surface area contributed by atoms with E-state index < -0.39 is 5.97 Å². The lowest BCUT2D eigenvalue weighted by Crippen LogP contribution is -2.43. The number of piperidine rings is 1. The van der Waals surface area contributed by atoms with Crippen molar-refractivity contribution in [2.45, 2.75) is 25.7 Å². The monoisotopic (exact) mass is 183 g/mol. The Bertz CT molecular complexity index is 201. The second-order valence-electron chi connectivity index (χ2n) is 4.38. The van der Waals surface area contributed by atoms with E-state index in [0.717, 1.165) is 18.9 Å². The van der Waals surface area contributed by atoms with E-state index in [4.69, 9.17) is 5.11 Å². The molecule has 2 N–H and O–H groups in total. The Morgan fingerprint density at radius 3 is 2.54 bits per heavy atom. The molecule has 1 heterocycles. The van der Waals surface area contributed by atoms with Crippen molar-refractivity contribution < 1.29 is 9.90 Å². The number of carboxylic acids is 1. The Balaban J connectivity index is 1.87. The maximum atomic E-state index is 10.8. The molecule has 0 spiro atoms. The molecule has 2 fully saturated rings. The van der Waals surface area contributed by atoms with Crippen LogP contribution in [-0.2, 0) is 4.79 Å². The van der Waals surface area contributed by atoms with Crippen molar-refractivity contribution in [1.82, 2.24) is 5.32 Å². The van der Waals surface area contributed by atoms with Crippen LogP contribution in [0.2, 0.25) is 0 Å². The van der Waals surface area contributed by atoms with Gasteiger partial charge in [0.15, 0.2) is 0 Å². The van der Waals surface area contributed by atoms with E-state index in [0.29, 0.717) is 12.5 Å². The van der Waals surface area contributed by atoms with E-state index in [1.165, 1.54) is 19.3 Å². The standard InChI is InChI=1S/C10H17NO2/c12-10(13)9-4-8(5-11-6-9)7-2-1-3-7/h7-9,11H,1-6H2,(H,12,13). The minimum absolute atomic E-state index is 0.139. The molecule has 13 heavy (non-hydrogen) atoms. The fourth-order valence-corrected chi connectivity index (χ4v) is 2.43. The minimum atomic E-state index is -0.628. The molecule has 3 nitrogen and oxygen atoms in total. The molecule has 2 aliphatic rings. The van der Waals surface area contributed by atoms with Gasteiger partial charge in [-0.3, -0.25) is 4.79 Å². The predicted molar refractivity (Wildman–Crippen MR) is 49.4 cm³/mol. The molecule has 1 aliphatic heterocycles. The maximum Gasteiger partial charge on any atom is 0.307 e. The number of carbonyl (C=O) groups is 1. The molecule has 1 saturated carbocycles. The Labute approximate surface area is 78.5 Å². The molecule has 0 aromatic rings. The molecule has 0 aromatic carbocycles. The van der Waals surface area contributed by atoms with Crippen molar-refractivity contribution >= 4 is 5.97 Å². The Morgan fingerprint density at radius 1 is 1.23 bits per heavy atom. The van der Waals surface area contributed by atoms with Gasteiger partial charge in [0.05, 0.1) is 5.92 Å². The van der Waals surface area contributed by atoms with Gasteiger partial charge in [-0.25, -0.2) is 0 Å². The SMILES string of the molecule is O=C(O)C1CNCC(C2CCC2)C1. The molecule has 0 bridgehead atoms. The van der Waals surface area contributed by atoms with E-state index >= 15 is 0 Å². The van der Waals surface area contributed by atoms with Gasteiger partial charge in [-0.2, -0.15) is 0 Å². The summed E-state index contributed by atoms with van der Waals surface area (Å²) >= 11 is 0. The lowest BCUT2D eigenvalue weighted by molar-refractivity contribution is -0.143. The summed E-state index contributed by atoms with van der Waals surface area (Å²) < 4.78 is 0.